The van der Waals surface area contributed by atoms with Crippen molar-refractivity contribution in [2.45, 2.75) is 59.2 Å². The zero-order valence-electron chi connectivity index (χ0n) is 19.4. The molecule has 0 radical (unpaired) electrons. The highest BCUT2D eigenvalue weighted by Crippen LogP contribution is 2.18. The SMILES string of the molecule is CC[C@@H](C(=O)NC(C)(C)C)N(Cc1ccc(OC)cc1)C(=O)COc1cccc(C)c1. The van der Waals surface area contributed by atoms with Crippen molar-refractivity contribution in [3.05, 3.63) is 59.7 Å². The minimum atomic E-state index is -0.602. The Morgan fingerprint density at radius 2 is 1.74 bits per heavy atom. The number of nitrogens with one attached hydrogen (secondary N) is 1. The van der Waals surface area contributed by atoms with E-state index in [1.165, 1.54) is 0 Å². The summed E-state index contributed by atoms with van der Waals surface area (Å²) in [7, 11) is 1.61. The molecule has 0 aliphatic carbocycles. The molecule has 1 atom stereocenters. The van der Waals surface area contributed by atoms with Gasteiger partial charge >= 0.3 is 0 Å². The third-order valence-corrected chi connectivity index (χ3v) is 4.75. The molecule has 0 saturated carbocycles. The van der Waals surface area contributed by atoms with E-state index in [4.69, 9.17) is 9.47 Å². The van der Waals surface area contributed by atoms with Crippen molar-refractivity contribution in [3.63, 3.8) is 0 Å². The maximum atomic E-state index is 13.2. The van der Waals surface area contributed by atoms with Crippen LogP contribution in [0.1, 0.15) is 45.2 Å². The summed E-state index contributed by atoms with van der Waals surface area (Å²) in [6.45, 7) is 9.81. The van der Waals surface area contributed by atoms with E-state index >= 15 is 0 Å². The van der Waals surface area contributed by atoms with Crippen LogP contribution in [0, 0.1) is 6.92 Å². The molecule has 31 heavy (non-hydrogen) atoms. The van der Waals surface area contributed by atoms with Gasteiger partial charge in [0.2, 0.25) is 5.91 Å². The number of hydrogen-bond acceptors (Lipinski definition) is 4. The van der Waals surface area contributed by atoms with Crippen molar-refractivity contribution in [1.82, 2.24) is 10.2 Å². The van der Waals surface area contributed by atoms with E-state index in [1.54, 1.807) is 12.0 Å². The fourth-order valence-electron chi connectivity index (χ4n) is 3.23. The summed E-state index contributed by atoms with van der Waals surface area (Å²) in [4.78, 5) is 27.8. The highest BCUT2D eigenvalue weighted by molar-refractivity contribution is 5.88. The van der Waals surface area contributed by atoms with Crippen molar-refractivity contribution >= 4 is 11.8 Å². The van der Waals surface area contributed by atoms with E-state index in [0.717, 1.165) is 16.9 Å². The average molecular weight is 427 g/mol. The van der Waals surface area contributed by atoms with Crippen LogP contribution in [0.2, 0.25) is 0 Å². The van der Waals surface area contributed by atoms with E-state index in [9.17, 15) is 9.59 Å². The molecular weight excluding hydrogens is 392 g/mol. The Labute approximate surface area is 185 Å². The molecule has 2 aromatic carbocycles. The van der Waals surface area contributed by atoms with Gasteiger partial charge in [-0.25, -0.2) is 0 Å². The van der Waals surface area contributed by atoms with E-state index in [0.29, 0.717) is 18.7 Å². The smallest absolute Gasteiger partial charge is 0.261 e. The summed E-state index contributed by atoms with van der Waals surface area (Å²) in [5.74, 6) is 0.951. The third-order valence-electron chi connectivity index (χ3n) is 4.75. The van der Waals surface area contributed by atoms with Gasteiger partial charge in [-0.1, -0.05) is 31.2 Å². The molecule has 0 aromatic heterocycles. The first-order chi connectivity index (χ1) is 14.6. The number of benzene rings is 2. The predicted molar refractivity (Wildman–Crippen MR) is 122 cm³/mol. The van der Waals surface area contributed by atoms with Gasteiger partial charge in [-0.3, -0.25) is 9.59 Å². The van der Waals surface area contributed by atoms with Crippen LogP contribution in [-0.2, 0) is 16.1 Å². The summed E-state index contributed by atoms with van der Waals surface area (Å²) >= 11 is 0. The number of methoxy groups -OCH3 is 1. The van der Waals surface area contributed by atoms with E-state index < -0.39 is 11.6 Å². The predicted octanol–water partition coefficient (Wildman–Crippen LogP) is 4.10. The molecular formula is C25H34N2O4. The molecule has 0 heterocycles. The Morgan fingerprint density at radius 3 is 2.29 bits per heavy atom. The maximum Gasteiger partial charge on any atom is 0.261 e. The van der Waals surface area contributed by atoms with Crippen molar-refractivity contribution in [1.29, 1.82) is 0 Å². The van der Waals surface area contributed by atoms with Crippen LogP contribution < -0.4 is 14.8 Å². The Hall–Kier alpha value is -3.02. The van der Waals surface area contributed by atoms with Crippen LogP contribution in [0.4, 0.5) is 0 Å². The minimum Gasteiger partial charge on any atom is -0.497 e. The monoisotopic (exact) mass is 426 g/mol. The Bertz CT molecular complexity index is 872. The zero-order chi connectivity index (χ0) is 23.0. The highest BCUT2D eigenvalue weighted by Gasteiger charge is 2.30. The first kappa shape index (κ1) is 24.3. The number of hydrogen-bond donors (Lipinski definition) is 1. The molecule has 0 spiro atoms. The molecule has 2 rings (SSSR count). The number of nitrogens with zero attached hydrogens (tertiary/aromatic N) is 1. The third kappa shape index (κ3) is 7.63. The summed E-state index contributed by atoms with van der Waals surface area (Å²) < 4.78 is 11.0. The van der Waals surface area contributed by atoms with Crippen LogP contribution in [0.5, 0.6) is 11.5 Å². The van der Waals surface area contributed by atoms with Crippen LogP contribution in [0.15, 0.2) is 48.5 Å². The lowest BCUT2D eigenvalue weighted by molar-refractivity contribution is -0.143. The van der Waals surface area contributed by atoms with Crippen molar-refractivity contribution in [2.75, 3.05) is 13.7 Å². The molecule has 168 valence electrons. The topological polar surface area (TPSA) is 67.9 Å². The molecule has 1 N–H and O–H groups in total. The molecule has 0 bridgehead atoms. The Kier molecular flexibility index (Phi) is 8.48. The Morgan fingerprint density at radius 1 is 1.06 bits per heavy atom. The maximum absolute atomic E-state index is 13.2. The fourth-order valence-corrected chi connectivity index (χ4v) is 3.23. The number of carbonyl (C=O) groups is 2. The molecule has 0 unspecified atom stereocenters. The molecule has 0 aliphatic rings. The van der Waals surface area contributed by atoms with E-state index in [-0.39, 0.29) is 18.4 Å². The lowest BCUT2D eigenvalue weighted by Crippen LogP contribution is -2.54. The number of aryl methyl sites for hydroxylation is 1. The van der Waals surface area contributed by atoms with E-state index in [2.05, 4.69) is 5.32 Å². The summed E-state index contributed by atoms with van der Waals surface area (Å²) in [6, 6.07) is 14.4. The molecule has 0 aliphatic heterocycles. The van der Waals surface area contributed by atoms with Gasteiger partial charge < -0.3 is 19.7 Å². The van der Waals surface area contributed by atoms with Gasteiger partial charge in [0.15, 0.2) is 6.61 Å². The van der Waals surface area contributed by atoms with Crippen LogP contribution in [-0.4, -0.2) is 42.0 Å². The molecule has 2 amide bonds. The van der Waals surface area contributed by atoms with Crippen LogP contribution >= 0.6 is 0 Å². The van der Waals surface area contributed by atoms with Crippen molar-refractivity contribution < 1.29 is 19.1 Å². The molecule has 0 saturated heterocycles. The summed E-state index contributed by atoms with van der Waals surface area (Å²) in [5.41, 5.74) is 1.57. The number of ether oxygens (including phenoxy) is 2. The summed E-state index contributed by atoms with van der Waals surface area (Å²) in [6.07, 6.45) is 0.494. The van der Waals surface area contributed by atoms with Gasteiger partial charge in [-0.05, 0) is 69.5 Å². The summed E-state index contributed by atoms with van der Waals surface area (Å²) in [5, 5.41) is 3.00. The molecule has 6 heteroatoms. The van der Waals surface area contributed by atoms with Crippen LogP contribution in [0.25, 0.3) is 0 Å². The van der Waals surface area contributed by atoms with Gasteiger partial charge in [-0.2, -0.15) is 0 Å². The normalized spacial score (nSPS) is 12.1. The second-order valence-electron chi connectivity index (χ2n) is 8.64. The van der Waals surface area contributed by atoms with Gasteiger partial charge in [0, 0.05) is 12.1 Å². The Balaban J connectivity index is 2.23. The second kappa shape index (κ2) is 10.8. The lowest BCUT2D eigenvalue weighted by Gasteiger charge is -2.33. The molecule has 6 nitrogen and oxygen atoms in total. The zero-order valence-corrected chi connectivity index (χ0v) is 19.4. The molecule has 0 fully saturated rings. The number of rotatable bonds is 9. The van der Waals surface area contributed by atoms with Gasteiger partial charge in [-0.15, -0.1) is 0 Å². The fraction of sp³-hybridized carbons (Fsp3) is 0.440. The first-order valence-electron chi connectivity index (χ1n) is 10.6. The number of amides is 2. The van der Waals surface area contributed by atoms with E-state index in [1.807, 2.05) is 83.1 Å². The van der Waals surface area contributed by atoms with Gasteiger partial charge in [0.05, 0.1) is 7.11 Å². The van der Waals surface area contributed by atoms with Gasteiger partial charge in [0.1, 0.15) is 17.5 Å². The second-order valence-corrected chi connectivity index (χ2v) is 8.64. The van der Waals surface area contributed by atoms with Crippen LogP contribution in [0.3, 0.4) is 0 Å². The number of carbonyl (C=O) groups excluding carboxylic acids is 2. The van der Waals surface area contributed by atoms with Crippen molar-refractivity contribution in [3.8, 4) is 11.5 Å². The quantitative estimate of drug-likeness (QED) is 0.655. The molecule has 2 aromatic rings. The lowest BCUT2D eigenvalue weighted by atomic mass is 10.1. The highest BCUT2D eigenvalue weighted by atomic mass is 16.5. The largest absolute Gasteiger partial charge is 0.497 e. The first-order valence-corrected chi connectivity index (χ1v) is 10.6. The minimum absolute atomic E-state index is 0.140. The van der Waals surface area contributed by atoms with Crippen molar-refractivity contribution in [2.24, 2.45) is 0 Å². The van der Waals surface area contributed by atoms with Gasteiger partial charge in [0.25, 0.3) is 5.91 Å². The average Bonchev–Trinajstić information content (AvgIpc) is 2.71. The standard InChI is InChI=1S/C25H34N2O4/c1-7-22(24(29)26-25(3,4)5)27(16-19-11-13-20(30-6)14-12-19)23(28)17-31-21-10-8-9-18(2)15-21/h8-15,22H,7,16-17H2,1-6H3,(H,26,29)/t22-/m0/s1.